The maximum absolute atomic E-state index is 4.39. The second-order valence-electron chi connectivity index (χ2n) is 3.11. The van der Waals surface area contributed by atoms with E-state index in [1.54, 1.807) is 0 Å². The van der Waals surface area contributed by atoms with Crippen molar-refractivity contribution in [3.63, 3.8) is 0 Å². The molecule has 74 valence electrons. The van der Waals surface area contributed by atoms with Gasteiger partial charge in [-0.2, -0.15) is 0 Å². The molecule has 0 atom stereocenters. The molecule has 0 aliphatic rings. The second kappa shape index (κ2) is 6.61. The fourth-order valence-corrected chi connectivity index (χ4v) is 1.43. The highest BCUT2D eigenvalue weighted by Crippen LogP contribution is 2.09. The van der Waals surface area contributed by atoms with Gasteiger partial charge < -0.3 is 6.15 Å². The summed E-state index contributed by atoms with van der Waals surface area (Å²) in [5.74, 6) is 0. The molecule has 1 rings (SSSR count). The molecule has 0 unspecified atom stereocenters. The lowest BCUT2D eigenvalue weighted by Gasteiger charge is -2.04. The zero-order valence-corrected chi connectivity index (χ0v) is 8.71. The van der Waals surface area contributed by atoms with E-state index in [2.05, 4.69) is 24.9 Å². The van der Waals surface area contributed by atoms with Gasteiger partial charge in [-0.05, 0) is 24.5 Å². The van der Waals surface area contributed by atoms with Gasteiger partial charge in [-0.15, -0.1) is 0 Å². The Bertz CT molecular complexity index is 208. The average Bonchev–Trinajstić information content (AvgIpc) is 2.09. The van der Waals surface area contributed by atoms with Crippen LogP contribution in [0.5, 0.6) is 0 Å². The first-order valence-electron chi connectivity index (χ1n) is 4.81. The molecular formula is C11H20N2. The Hall–Kier alpha value is -0.890. The number of rotatable bonds is 4. The van der Waals surface area contributed by atoms with Crippen molar-refractivity contribution < 1.29 is 0 Å². The molecule has 0 amide bonds. The number of hydrogen-bond donors (Lipinski definition) is 1. The van der Waals surface area contributed by atoms with E-state index in [4.69, 9.17) is 0 Å². The largest absolute Gasteiger partial charge is 0.344 e. The number of pyridine rings is 1. The van der Waals surface area contributed by atoms with E-state index in [-0.39, 0.29) is 6.15 Å². The van der Waals surface area contributed by atoms with Crippen molar-refractivity contribution in [3.05, 3.63) is 29.6 Å². The molecule has 13 heavy (non-hydrogen) atoms. The molecule has 3 N–H and O–H groups in total. The summed E-state index contributed by atoms with van der Waals surface area (Å²) in [6, 6.07) is 4.23. The molecule has 0 spiro atoms. The zero-order valence-electron chi connectivity index (χ0n) is 8.71. The molecule has 0 saturated carbocycles. The van der Waals surface area contributed by atoms with E-state index >= 15 is 0 Å². The number of aryl methyl sites for hydroxylation is 2. The fraction of sp³-hybridized carbons (Fsp3) is 0.545. The standard InChI is InChI=1S/C11H17N.H3N/c1-3-6-10-8-5-9-12-11(10)7-4-2;/h5,8-9H,3-4,6-7H2,1-2H3;1H3. The molecule has 1 aromatic rings. The smallest absolute Gasteiger partial charge is 0.0435 e. The summed E-state index contributed by atoms with van der Waals surface area (Å²) in [5.41, 5.74) is 2.73. The van der Waals surface area contributed by atoms with Gasteiger partial charge in [-0.1, -0.05) is 32.8 Å². The summed E-state index contributed by atoms with van der Waals surface area (Å²) >= 11 is 0. The van der Waals surface area contributed by atoms with Crippen LogP contribution in [0.15, 0.2) is 18.3 Å². The van der Waals surface area contributed by atoms with E-state index in [0.717, 1.165) is 6.42 Å². The molecule has 0 radical (unpaired) electrons. The highest BCUT2D eigenvalue weighted by atomic mass is 14.7. The predicted octanol–water partition coefficient (Wildman–Crippen LogP) is 3.15. The van der Waals surface area contributed by atoms with Crippen molar-refractivity contribution in [2.75, 3.05) is 0 Å². The van der Waals surface area contributed by atoms with Gasteiger partial charge in [-0.25, -0.2) is 0 Å². The second-order valence-corrected chi connectivity index (χ2v) is 3.11. The summed E-state index contributed by atoms with van der Waals surface area (Å²) in [4.78, 5) is 4.39. The minimum Gasteiger partial charge on any atom is -0.344 e. The van der Waals surface area contributed by atoms with E-state index in [1.807, 2.05) is 12.3 Å². The van der Waals surface area contributed by atoms with Gasteiger partial charge in [0, 0.05) is 11.9 Å². The summed E-state index contributed by atoms with van der Waals surface area (Å²) in [6.45, 7) is 4.41. The van der Waals surface area contributed by atoms with Crippen LogP contribution in [0.2, 0.25) is 0 Å². The Morgan fingerprint density at radius 2 is 1.85 bits per heavy atom. The van der Waals surface area contributed by atoms with Crippen LogP contribution in [0.4, 0.5) is 0 Å². The molecule has 0 saturated heterocycles. The van der Waals surface area contributed by atoms with Crippen LogP contribution in [0.3, 0.4) is 0 Å². The van der Waals surface area contributed by atoms with Gasteiger partial charge in [-0.3, -0.25) is 4.98 Å². The third kappa shape index (κ3) is 3.55. The first kappa shape index (κ1) is 12.1. The van der Waals surface area contributed by atoms with Gasteiger partial charge in [0.1, 0.15) is 0 Å². The molecule has 2 heteroatoms. The van der Waals surface area contributed by atoms with E-state index in [9.17, 15) is 0 Å². The lowest BCUT2D eigenvalue weighted by Crippen LogP contribution is -1.96. The van der Waals surface area contributed by atoms with Crippen molar-refractivity contribution in [2.45, 2.75) is 39.5 Å². The van der Waals surface area contributed by atoms with Gasteiger partial charge in [0.05, 0.1) is 0 Å². The molecule has 2 nitrogen and oxygen atoms in total. The summed E-state index contributed by atoms with van der Waals surface area (Å²) < 4.78 is 0. The highest BCUT2D eigenvalue weighted by molar-refractivity contribution is 5.19. The zero-order chi connectivity index (χ0) is 8.81. The molecule has 0 aromatic carbocycles. The van der Waals surface area contributed by atoms with E-state index < -0.39 is 0 Å². The van der Waals surface area contributed by atoms with Gasteiger partial charge in [0.15, 0.2) is 0 Å². The van der Waals surface area contributed by atoms with E-state index in [1.165, 1.54) is 30.5 Å². The van der Waals surface area contributed by atoms with E-state index in [0.29, 0.717) is 0 Å². The Morgan fingerprint density at radius 1 is 1.15 bits per heavy atom. The van der Waals surface area contributed by atoms with Crippen molar-refractivity contribution >= 4 is 0 Å². The Morgan fingerprint density at radius 3 is 2.46 bits per heavy atom. The van der Waals surface area contributed by atoms with Crippen LogP contribution in [-0.4, -0.2) is 4.98 Å². The summed E-state index contributed by atoms with van der Waals surface area (Å²) in [7, 11) is 0. The molecule has 0 aliphatic heterocycles. The first-order chi connectivity index (χ1) is 5.88. The topological polar surface area (TPSA) is 47.9 Å². The van der Waals surface area contributed by atoms with Gasteiger partial charge in [0.25, 0.3) is 0 Å². The molecule has 1 heterocycles. The number of aromatic nitrogens is 1. The maximum atomic E-state index is 4.39. The summed E-state index contributed by atoms with van der Waals surface area (Å²) in [5, 5.41) is 0. The van der Waals surface area contributed by atoms with Crippen LogP contribution in [-0.2, 0) is 12.8 Å². The van der Waals surface area contributed by atoms with Crippen molar-refractivity contribution in [2.24, 2.45) is 0 Å². The first-order valence-corrected chi connectivity index (χ1v) is 4.81. The fourth-order valence-electron chi connectivity index (χ4n) is 1.43. The lowest BCUT2D eigenvalue weighted by molar-refractivity contribution is 0.828. The normalized spacial score (nSPS) is 9.38. The van der Waals surface area contributed by atoms with Crippen molar-refractivity contribution in [1.82, 2.24) is 11.1 Å². The van der Waals surface area contributed by atoms with Gasteiger partial charge in [0.2, 0.25) is 0 Å². The van der Waals surface area contributed by atoms with Crippen LogP contribution in [0.1, 0.15) is 37.9 Å². The quantitative estimate of drug-likeness (QED) is 0.773. The number of nitrogens with zero attached hydrogens (tertiary/aromatic N) is 1. The average molecular weight is 180 g/mol. The third-order valence-electron chi connectivity index (χ3n) is 1.99. The highest BCUT2D eigenvalue weighted by Gasteiger charge is 1.99. The number of hydrogen-bond acceptors (Lipinski definition) is 2. The predicted molar refractivity (Wildman–Crippen MR) is 57.2 cm³/mol. The monoisotopic (exact) mass is 180 g/mol. The SMILES string of the molecule is CCCc1cccnc1CCC.N. The van der Waals surface area contributed by atoms with Crippen LogP contribution in [0.25, 0.3) is 0 Å². The van der Waals surface area contributed by atoms with Crippen LogP contribution < -0.4 is 6.15 Å². The Kier molecular flexibility index (Phi) is 6.15. The molecule has 1 aromatic heterocycles. The Labute approximate surface area is 81.0 Å². The van der Waals surface area contributed by atoms with Crippen molar-refractivity contribution in [1.29, 1.82) is 0 Å². The lowest BCUT2D eigenvalue weighted by atomic mass is 10.1. The van der Waals surface area contributed by atoms with Gasteiger partial charge >= 0.3 is 0 Å². The van der Waals surface area contributed by atoms with Crippen LogP contribution in [0, 0.1) is 0 Å². The minimum absolute atomic E-state index is 0. The Balaban J connectivity index is 0.00000144. The molecule has 0 fully saturated rings. The van der Waals surface area contributed by atoms with Crippen molar-refractivity contribution in [3.8, 4) is 0 Å². The maximum Gasteiger partial charge on any atom is 0.0435 e. The third-order valence-corrected chi connectivity index (χ3v) is 1.99. The summed E-state index contributed by atoms with van der Waals surface area (Å²) in [6.07, 6.45) is 6.58. The molecular weight excluding hydrogens is 160 g/mol. The minimum atomic E-state index is 0. The van der Waals surface area contributed by atoms with Crippen LogP contribution >= 0.6 is 0 Å². The molecule has 0 bridgehead atoms. The molecule has 0 aliphatic carbocycles.